The van der Waals surface area contributed by atoms with Crippen molar-refractivity contribution in [2.75, 3.05) is 5.32 Å². The van der Waals surface area contributed by atoms with E-state index < -0.39 is 0 Å². The highest BCUT2D eigenvalue weighted by atomic mass is 35.5. The molecule has 0 aliphatic rings. The minimum atomic E-state index is 0.439. The molecule has 102 valence electrons. The molecule has 1 N–H and O–H groups in total. The summed E-state index contributed by atoms with van der Waals surface area (Å²) in [7, 11) is 0. The Morgan fingerprint density at radius 1 is 1.25 bits per heavy atom. The van der Waals surface area contributed by atoms with E-state index in [2.05, 4.69) is 26.3 Å². The van der Waals surface area contributed by atoms with E-state index in [4.69, 9.17) is 11.6 Å². The molecule has 3 heterocycles. The Bertz CT molecular complexity index is 709. The summed E-state index contributed by atoms with van der Waals surface area (Å²) >= 11 is 9.19. The van der Waals surface area contributed by atoms with Crippen molar-refractivity contribution in [1.29, 1.82) is 0 Å². The maximum Gasteiger partial charge on any atom is 0.188 e. The number of aromatic nitrogens is 3. The maximum absolute atomic E-state index is 5.97. The van der Waals surface area contributed by atoms with Gasteiger partial charge in [0.15, 0.2) is 5.13 Å². The topological polar surface area (TPSA) is 50.7 Å². The number of nitrogens with zero attached hydrogens (tertiary/aromatic N) is 3. The van der Waals surface area contributed by atoms with Gasteiger partial charge in [0.25, 0.3) is 0 Å². The second-order valence-electron chi connectivity index (χ2n) is 3.99. The Labute approximate surface area is 129 Å². The van der Waals surface area contributed by atoms with Gasteiger partial charge in [-0.25, -0.2) is 15.0 Å². The summed E-state index contributed by atoms with van der Waals surface area (Å²) in [6, 6.07) is 5.78. The predicted octanol–water partition coefficient (Wildman–Crippen LogP) is 4.62. The summed E-state index contributed by atoms with van der Waals surface area (Å²) in [5, 5.41) is 8.48. The fourth-order valence-corrected chi connectivity index (χ4v) is 3.34. The third kappa shape index (κ3) is 2.98. The maximum atomic E-state index is 5.97. The highest BCUT2D eigenvalue weighted by Gasteiger charge is 2.07. The molecule has 3 aromatic heterocycles. The van der Waals surface area contributed by atoms with E-state index in [9.17, 15) is 0 Å². The minimum absolute atomic E-state index is 0.439. The van der Waals surface area contributed by atoms with Crippen molar-refractivity contribution in [2.45, 2.75) is 13.3 Å². The average molecular weight is 323 g/mol. The van der Waals surface area contributed by atoms with Crippen LogP contribution in [0.3, 0.4) is 0 Å². The number of thiophene rings is 1. The summed E-state index contributed by atoms with van der Waals surface area (Å²) in [5.74, 6) is 1.39. The first-order valence-corrected chi connectivity index (χ1v) is 8.18. The van der Waals surface area contributed by atoms with Gasteiger partial charge < -0.3 is 5.32 Å². The lowest BCUT2D eigenvalue weighted by molar-refractivity contribution is 0.943. The van der Waals surface area contributed by atoms with Gasteiger partial charge in [0.2, 0.25) is 0 Å². The number of hydrogen-bond donors (Lipinski definition) is 1. The summed E-state index contributed by atoms with van der Waals surface area (Å²) in [4.78, 5) is 14.2. The molecule has 0 amide bonds. The van der Waals surface area contributed by atoms with Gasteiger partial charge in [-0.05, 0) is 11.4 Å². The molecule has 3 aromatic rings. The second-order valence-corrected chi connectivity index (χ2v) is 6.18. The zero-order valence-electron chi connectivity index (χ0n) is 10.6. The molecule has 0 aromatic carbocycles. The van der Waals surface area contributed by atoms with E-state index in [0.29, 0.717) is 11.0 Å². The normalized spacial score (nSPS) is 10.7. The van der Waals surface area contributed by atoms with Crippen molar-refractivity contribution in [1.82, 2.24) is 15.0 Å². The fraction of sp³-hybridized carbons (Fsp3) is 0.154. The molecule has 7 heteroatoms. The van der Waals surface area contributed by atoms with Crippen molar-refractivity contribution in [3.05, 3.63) is 39.9 Å². The first-order chi connectivity index (χ1) is 9.74. The van der Waals surface area contributed by atoms with Gasteiger partial charge in [-0.2, -0.15) is 0 Å². The van der Waals surface area contributed by atoms with E-state index in [1.165, 1.54) is 0 Å². The van der Waals surface area contributed by atoms with Crippen molar-refractivity contribution in [2.24, 2.45) is 0 Å². The van der Waals surface area contributed by atoms with Crippen molar-refractivity contribution < 1.29 is 0 Å². The molecular formula is C13H11ClN4S2. The minimum Gasteiger partial charge on any atom is -0.316 e. The third-order valence-corrected chi connectivity index (χ3v) is 4.41. The number of rotatable bonds is 4. The standard InChI is InChI=1S/C13H11ClN4S2/c1-2-11-16-10(14)6-12(17-11)18-13-15-8(7-20-13)9-4-3-5-19-9/h3-7H,2H2,1H3,(H,15,16,17,18). The Morgan fingerprint density at radius 2 is 2.15 bits per heavy atom. The van der Waals surface area contributed by atoms with Crippen LogP contribution in [-0.4, -0.2) is 15.0 Å². The van der Waals surface area contributed by atoms with Crippen LogP contribution in [-0.2, 0) is 6.42 Å². The van der Waals surface area contributed by atoms with Crippen LogP contribution in [0, 0.1) is 0 Å². The largest absolute Gasteiger partial charge is 0.316 e. The summed E-state index contributed by atoms with van der Waals surface area (Å²) in [6.07, 6.45) is 0.744. The molecule has 4 nitrogen and oxygen atoms in total. The zero-order chi connectivity index (χ0) is 13.9. The van der Waals surface area contributed by atoms with Gasteiger partial charge in [-0.3, -0.25) is 0 Å². The summed E-state index contributed by atoms with van der Waals surface area (Å²) in [5.41, 5.74) is 0.975. The van der Waals surface area contributed by atoms with E-state index in [1.54, 1.807) is 28.7 Å². The van der Waals surface area contributed by atoms with Crippen LogP contribution in [0.25, 0.3) is 10.6 Å². The average Bonchev–Trinajstić information content (AvgIpc) is 3.08. The lowest BCUT2D eigenvalue weighted by Gasteiger charge is -2.04. The molecule has 0 saturated heterocycles. The molecule has 0 aliphatic heterocycles. The SMILES string of the molecule is CCc1nc(Cl)cc(Nc2nc(-c3cccs3)cs2)n1. The number of anilines is 2. The Kier molecular flexibility index (Phi) is 3.95. The van der Waals surface area contributed by atoms with Crippen molar-refractivity contribution >= 4 is 45.2 Å². The van der Waals surface area contributed by atoms with Crippen molar-refractivity contribution in [3.63, 3.8) is 0 Å². The number of thiazole rings is 1. The van der Waals surface area contributed by atoms with Crippen LogP contribution in [0.2, 0.25) is 5.15 Å². The number of hydrogen-bond acceptors (Lipinski definition) is 6. The van der Waals surface area contributed by atoms with Gasteiger partial charge >= 0.3 is 0 Å². The molecule has 0 radical (unpaired) electrons. The molecule has 0 aliphatic carbocycles. The lowest BCUT2D eigenvalue weighted by atomic mass is 10.4. The second kappa shape index (κ2) is 5.87. The van der Waals surface area contributed by atoms with E-state index in [1.807, 2.05) is 23.8 Å². The van der Waals surface area contributed by atoms with Crippen molar-refractivity contribution in [3.8, 4) is 10.6 Å². The molecule has 0 atom stereocenters. The smallest absolute Gasteiger partial charge is 0.188 e. The molecule has 0 fully saturated rings. The van der Waals surface area contributed by atoms with Crippen LogP contribution in [0.4, 0.5) is 10.9 Å². The lowest BCUT2D eigenvalue weighted by Crippen LogP contribution is -1.99. The number of nitrogens with one attached hydrogen (secondary N) is 1. The number of halogens is 1. The van der Waals surface area contributed by atoms with E-state index in [0.717, 1.165) is 27.9 Å². The Balaban J connectivity index is 1.83. The van der Waals surface area contributed by atoms with Crippen LogP contribution in [0.15, 0.2) is 29.0 Å². The highest BCUT2D eigenvalue weighted by Crippen LogP contribution is 2.29. The zero-order valence-corrected chi connectivity index (χ0v) is 13.0. The van der Waals surface area contributed by atoms with Gasteiger partial charge in [0.05, 0.1) is 10.6 Å². The first-order valence-electron chi connectivity index (χ1n) is 6.04. The summed E-state index contributed by atoms with van der Waals surface area (Å²) < 4.78 is 0. The molecule has 0 unspecified atom stereocenters. The molecule has 3 rings (SSSR count). The highest BCUT2D eigenvalue weighted by molar-refractivity contribution is 7.16. The fourth-order valence-electron chi connectivity index (χ4n) is 1.67. The monoisotopic (exact) mass is 322 g/mol. The molecular weight excluding hydrogens is 312 g/mol. The summed E-state index contributed by atoms with van der Waals surface area (Å²) in [6.45, 7) is 1.99. The quantitative estimate of drug-likeness (QED) is 0.712. The third-order valence-electron chi connectivity index (χ3n) is 2.57. The number of aryl methyl sites for hydroxylation is 1. The van der Waals surface area contributed by atoms with Crippen LogP contribution in [0.5, 0.6) is 0 Å². The van der Waals surface area contributed by atoms with Gasteiger partial charge in [-0.1, -0.05) is 24.6 Å². The molecule has 0 bridgehead atoms. The Morgan fingerprint density at radius 3 is 2.90 bits per heavy atom. The molecule has 0 saturated carbocycles. The molecule has 20 heavy (non-hydrogen) atoms. The van der Waals surface area contributed by atoms with Gasteiger partial charge in [0, 0.05) is 17.9 Å². The van der Waals surface area contributed by atoms with Crippen LogP contribution < -0.4 is 5.32 Å². The predicted molar refractivity (Wildman–Crippen MR) is 85.1 cm³/mol. The van der Waals surface area contributed by atoms with Gasteiger partial charge in [0.1, 0.15) is 16.8 Å². The van der Waals surface area contributed by atoms with Gasteiger partial charge in [-0.15, -0.1) is 22.7 Å². The molecule has 0 spiro atoms. The Hall–Kier alpha value is -1.50. The first kappa shape index (κ1) is 13.5. The van der Waals surface area contributed by atoms with Crippen LogP contribution in [0.1, 0.15) is 12.7 Å². The van der Waals surface area contributed by atoms with Crippen LogP contribution >= 0.6 is 34.3 Å². The van der Waals surface area contributed by atoms with E-state index >= 15 is 0 Å². The van der Waals surface area contributed by atoms with E-state index in [-0.39, 0.29) is 0 Å².